The summed E-state index contributed by atoms with van der Waals surface area (Å²) in [5.74, 6) is 0.831. The Morgan fingerprint density at radius 2 is 1.92 bits per heavy atom. The van der Waals surface area contributed by atoms with E-state index in [0.29, 0.717) is 23.7 Å². The summed E-state index contributed by atoms with van der Waals surface area (Å²) in [5.41, 5.74) is 2.06. The molecule has 0 amide bonds. The molecule has 4 rings (SSSR count). The van der Waals surface area contributed by atoms with Crippen LogP contribution in [0.3, 0.4) is 0 Å². The average molecular weight is 327 g/mol. The van der Waals surface area contributed by atoms with Gasteiger partial charge in [-0.15, -0.1) is 0 Å². The number of hydrogen-bond donors (Lipinski definition) is 1. The Morgan fingerprint density at radius 1 is 1.21 bits per heavy atom. The van der Waals surface area contributed by atoms with Crippen LogP contribution in [0.4, 0.5) is 4.39 Å². The first-order chi connectivity index (χ1) is 11.5. The normalized spacial score (nSPS) is 30.4. The number of carbonyl (C=O) groups is 1. The average Bonchev–Trinajstić information content (AvgIpc) is 3.12. The molecule has 1 aromatic heterocycles. The summed E-state index contributed by atoms with van der Waals surface area (Å²) in [4.78, 5) is 15.6. The lowest BCUT2D eigenvalue weighted by Crippen LogP contribution is -2.19. The highest BCUT2D eigenvalue weighted by atomic mass is 19.1. The first-order valence-electron chi connectivity index (χ1n) is 8.80. The van der Waals surface area contributed by atoms with E-state index in [-0.39, 0.29) is 11.7 Å². The fourth-order valence-corrected chi connectivity index (χ4v) is 5.02. The molecular formula is C20H22FNO2. The molecule has 126 valence electrons. The number of carboxylic acid groups (broad SMARTS) is 1. The van der Waals surface area contributed by atoms with Crippen molar-refractivity contribution in [2.75, 3.05) is 0 Å². The van der Waals surface area contributed by atoms with Crippen LogP contribution in [0, 0.1) is 29.5 Å². The minimum Gasteiger partial charge on any atom is -0.481 e. The molecule has 2 saturated carbocycles. The lowest BCUT2D eigenvalue weighted by atomic mass is 9.86. The molecule has 0 saturated heterocycles. The lowest BCUT2D eigenvalue weighted by Gasteiger charge is -2.19. The topological polar surface area (TPSA) is 50.2 Å². The fraction of sp³-hybridized carbons (Fsp3) is 0.500. The molecule has 5 atom stereocenters. The van der Waals surface area contributed by atoms with Crippen molar-refractivity contribution < 1.29 is 14.3 Å². The van der Waals surface area contributed by atoms with Crippen molar-refractivity contribution in [1.29, 1.82) is 0 Å². The molecule has 4 unspecified atom stereocenters. The van der Waals surface area contributed by atoms with Crippen LogP contribution < -0.4 is 0 Å². The summed E-state index contributed by atoms with van der Waals surface area (Å²) in [7, 11) is 0. The van der Waals surface area contributed by atoms with E-state index in [1.807, 2.05) is 19.2 Å². The molecule has 1 aromatic carbocycles. The lowest BCUT2D eigenvalue weighted by molar-refractivity contribution is -0.142. The van der Waals surface area contributed by atoms with E-state index in [4.69, 9.17) is 0 Å². The van der Waals surface area contributed by atoms with Crippen LogP contribution in [-0.2, 0) is 4.79 Å². The summed E-state index contributed by atoms with van der Waals surface area (Å²) >= 11 is 0. The molecule has 4 heteroatoms. The number of pyridine rings is 1. The van der Waals surface area contributed by atoms with Crippen molar-refractivity contribution in [3.8, 4) is 0 Å². The molecule has 2 fully saturated rings. The van der Waals surface area contributed by atoms with E-state index in [2.05, 4.69) is 4.98 Å². The van der Waals surface area contributed by atoms with Crippen molar-refractivity contribution in [1.82, 2.24) is 4.98 Å². The number of halogens is 1. The van der Waals surface area contributed by atoms with Crippen LogP contribution in [0.1, 0.15) is 44.1 Å². The molecule has 2 aliphatic rings. The van der Waals surface area contributed by atoms with Crippen molar-refractivity contribution >= 4 is 16.9 Å². The zero-order chi connectivity index (χ0) is 16.8. The Morgan fingerprint density at radius 3 is 2.58 bits per heavy atom. The highest BCUT2D eigenvalue weighted by Crippen LogP contribution is 2.54. The quantitative estimate of drug-likeness (QED) is 0.895. The van der Waals surface area contributed by atoms with Crippen LogP contribution in [0.15, 0.2) is 30.5 Å². The largest absolute Gasteiger partial charge is 0.481 e. The Bertz CT molecular complexity index is 776. The van der Waals surface area contributed by atoms with E-state index in [1.165, 1.54) is 11.6 Å². The standard InChI is InChI=1S/C20H22FNO2/c1-11(20(23)24)12-6-13-8-15(9-14(13)7-12)17-4-5-22-19-3-2-16(21)10-18(17)19/h2-5,10-15H,6-9H2,1H3,(H,23,24)/t11?,12?,13-,14?,15?/m0/s1. The minimum atomic E-state index is -0.674. The fourth-order valence-electron chi connectivity index (χ4n) is 5.02. The third-order valence-corrected chi connectivity index (χ3v) is 6.33. The minimum absolute atomic E-state index is 0.217. The molecule has 0 radical (unpaired) electrons. The Balaban J connectivity index is 1.56. The summed E-state index contributed by atoms with van der Waals surface area (Å²) in [6.07, 6.45) is 6.03. The molecule has 1 N–H and O–H groups in total. The van der Waals surface area contributed by atoms with E-state index in [9.17, 15) is 14.3 Å². The summed E-state index contributed by atoms with van der Waals surface area (Å²) in [6.45, 7) is 1.84. The van der Waals surface area contributed by atoms with Crippen LogP contribution in [0.5, 0.6) is 0 Å². The van der Waals surface area contributed by atoms with Crippen LogP contribution in [-0.4, -0.2) is 16.1 Å². The van der Waals surface area contributed by atoms with Gasteiger partial charge >= 0.3 is 5.97 Å². The number of nitrogens with zero attached hydrogens (tertiary/aromatic N) is 1. The molecule has 0 bridgehead atoms. The Hall–Kier alpha value is -1.97. The molecule has 0 spiro atoms. The number of carboxylic acids is 1. The van der Waals surface area contributed by atoms with Gasteiger partial charge in [0.2, 0.25) is 0 Å². The van der Waals surface area contributed by atoms with Crippen molar-refractivity contribution in [3.63, 3.8) is 0 Å². The third-order valence-electron chi connectivity index (χ3n) is 6.33. The van der Waals surface area contributed by atoms with Crippen molar-refractivity contribution in [2.45, 2.75) is 38.5 Å². The molecule has 24 heavy (non-hydrogen) atoms. The highest BCUT2D eigenvalue weighted by molar-refractivity contribution is 5.82. The van der Waals surface area contributed by atoms with Crippen molar-refractivity contribution in [2.24, 2.45) is 23.7 Å². The van der Waals surface area contributed by atoms with Gasteiger partial charge in [0.15, 0.2) is 0 Å². The SMILES string of the molecule is CC(C(=O)O)C1CC2CC(c3ccnc4ccc(F)cc34)C[C@@H]2C1. The van der Waals surface area contributed by atoms with E-state index in [1.54, 1.807) is 12.1 Å². The predicted molar refractivity (Wildman–Crippen MR) is 90.2 cm³/mol. The zero-order valence-electron chi connectivity index (χ0n) is 13.8. The van der Waals surface area contributed by atoms with Gasteiger partial charge in [-0.05, 0) is 79.2 Å². The van der Waals surface area contributed by atoms with E-state index in [0.717, 1.165) is 36.6 Å². The second-order valence-electron chi connectivity index (χ2n) is 7.61. The van der Waals surface area contributed by atoms with Crippen LogP contribution in [0.2, 0.25) is 0 Å². The summed E-state index contributed by atoms with van der Waals surface area (Å²) < 4.78 is 13.7. The highest BCUT2D eigenvalue weighted by Gasteiger charge is 2.44. The Labute approximate surface area is 140 Å². The van der Waals surface area contributed by atoms with Crippen LogP contribution >= 0.6 is 0 Å². The molecule has 3 nitrogen and oxygen atoms in total. The Kier molecular flexibility index (Phi) is 3.78. The maximum absolute atomic E-state index is 13.7. The smallest absolute Gasteiger partial charge is 0.306 e. The second kappa shape index (κ2) is 5.83. The van der Waals surface area contributed by atoms with Gasteiger partial charge < -0.3 is 5.11 Å². The second-order valence-corrected chi connectivity index (χ2v) is 7.61. The molecule has 2 aromatic rings. The number of hydrogen-bond acceptors (Lipinski definition) is 2. The van der Waals surface area contributed by atoms with Gasteiger partial charge in [-0.2, -0.15) is 0 Å². The zero-order valence-corrected chi connectivity index (χ0v) is 13.8. The maximum atomic E-state index is 13.7. The van der Waals surface area contributed by atoms with Gasteiger partial charge in [0, 0.05) is 11.6 Å². The number of fused-ring (bicyclic) bond motifs is 2. The number of rotatable bonds is 3. The molecular weight excluding hydrogens is 305 g/mol. The molecule has 2 aliphatic carbocycles. The number of benzene rings is 1. The van der Waals surface area contributed by atoms with Gasteiger partial charge in [0.25, 0.3) is 0 Å². The molecule has 0 aliphatic heterocycles. The monoisotopic (exact) mass is 327 g/mol. The number of aliphatic carboxylic acids is 1. The van der Waals surface area contributed by atoms with Gasteiger partial charge in [0.05, 0.1) is 11.4 Å². The summed E-state index contributed by atoms with van der Waals surface area (Å²) in [6, 6.07) is 6.83. The van der Waals surface area contributed by atoms with E-state index < -0.39 is 5.97 Å². The third kappa shape index (κ3) is 2.58. The van der Waals surface area contributed by atoms with Crippen LogP contribution in [0.25, 0.3) is 10.9 Å². The van der Waals surface area contributed by atoms with Gasteiger partial charge in [-0.1, -0.05) is 6.92 Å². The first kappa shape index (κ1) is 15.6. The van der Waals surface area contributed by atoms with Gasteiger partial charge in [-0.25, -0.2) is 4.39 Å². The number of aromatic nitrogens is 1. The molecule has 1 heterocycles. The maximum Gasteiger partial charge on any atom is 0.306 e. The van der Waals surface area contributed by atoms with Crippen molar-refractivity contribution in [3.05, 3.63) is 41.8 Å². The summed E-state index contributed by atoms with van der Waals surface area (Å²) in [5, 5.41) is 10.2. The van der Waals surface area contributed by atoms with Gasteiger partial charge in [-0.3, -0.25) is 9.78 Å². The first-order valence-corrected chi connectivity index (χ1v) is 8.80. The van der Waals surface area contributed by atoms with E-state index >= 15 is 0 Å². The van der Waals surface area contributed by atoms with Gasteiger partial charge in [0.1, 0.15) is 5.82 Å². The predicted octanol–water partition coefficient (Wildman–Crippen LogP) is 4.61.